The highest BCUT2D eigenvalue weighted by molar-refractivity contribution is 6.00. The summed E-state index contributed by atoms with van der Waals surface area (Å²) in [6.07, 6.45) is 0.00826. The standard InChI is InChI=1S/C11H10F2N2O2/c12-8-2-1-7(4-9(8)13)15-5-6(11(14)17)3-10(15)16/h1-2,4,6H,3,5H2,(H2,14,17). The SMILES string of the molecule is NC(=O)C1CC(=O)N(c2ccc(F)c(F)c2)C1. The van der Waals surface area contributed by atoms with E-state index in [0.29, 0.717) is 0 Å². The van der Waals surface area contributed by atoms with Crippen LogP contribution in [0.1, 0.15) is 6.42 Å². The maximum Gasteiger partial charge on any atom is 0.227 e. The number of hydrogen-bond acceptors (Lipinski definition) is 2. The van der Waals surface area contributed by atoms with Crippen molar-refractivity contribution in [3.8, 4) is 0 Å². The Bertz CT molecular complexity index is 490. The summed E-state index contributed by atoms with van der Waals surface area (Å²) in [6, 6.07) is 3.16. The predicted molar refractivity (Wildman–Crippen MR) is 56.0 cm³/mol. The van der Waals surface area contributed by atoms with Crippen molar-refractivity contribution in [1.29, 1.82) is 0 Å². The van der Waals surface area contributed by atoms with E-state index in [2.05, 4.69) is 0 Å². The molecule has 0 bridgehead atoms. The smallest absolute Gasteiger partial charge is 0.227 e. The van der Waals surface area contributed by atoms with Crippen LogP contribution >= 0.6 is 0 Å². The number of nitrogens with two attached hydrogens (primary N) is 1. The molecule has 2 N–H and O–H groups in total. The second-order valence-corrected chi connectivity index (χ2v) is 3.91. The summed E-state index contributed by atoms with van der Waals surface area (Å²) in [7, 11) is 0. The molecule has 0 saturated carbocycles. The molecule has 17 heavy (non-hydrogen) atoms. The average molecular weight is 240 g/mol. The molecule has 0 aromatic heterocycles. The van der Waals surface area contributed by atoms with Gasteiger partial charge in [0.1, 0.15) is 0 Å². The van der Waals surface area contributed by atoms with Crippen LogP contribution in [0.15, 0.2) is 18.2 Å². The number of nitrogens with zero attached hydrogens (tertiary/aromatic N) is 1. The first-order chi connectivity index (χ1) is 7.99. The van der Waals surface area contributed by atoms with E-state index in [4.69, 9.17) is 5.73 Å². The molecule has 1 aliphatic heterocycles. The van der Waals surface area contributed by atoms with Crippen LogP contribution in [0.4, 0.5) is 14.5 Å². The maximum atomic E-state index is 13.0. The van der Waals surface area contributed by atoms with Gasteiger partial charge in [0.15, 0.2) is 11.6 Å². The van der Waals surface area contributed by atoms with E-state index >= 15 is 0 Å². The third kappa shape index (κ3) is 2.11. The number of anilines is 1. The normalized spacial score (nSPS) is 19.8. The minimum atomic E-state index is -1.03. The minimum absolute atomic E-state index is 0.00826. The predicted octanol–water partition coefficient (Wildman–Crippen LogP) is 0.803. The zero-order valence-corrected chi connectivity index (χ0v) is 8.82. The second-order valence-electron chi connectivity index (χ2n) is 3.91. The molecule has 1 aliphatic rings. The number of rotatable bonds is 2. The molecular formula is C11H10F2N2O2. The van der Waals surface area contributed by atoms with Crippen LogP contribution in [-0.2, 0) is 9.59 Å². The fourth-order valence-corrected chi connectivity index (χ4v) is 1.80. The van der Waals surface area contributed by atoms with Gasteiger partial charge in [-0.2, -0.15) is 0 Å². The van der Waals surface area contributed by atoms with Crippen molar-refractivity contribution in [2.24, 2.45) is 11.7 Å². The number of carbonyl (C=O) groups is 2. The summed E-state index contributed by atoms with van der Waals surface area (Å²) in [5.41, 5.74) is 5.34. The van der Waals surface area contributed by atoms with Gasteiger partial charge in [-0.1, -0.05) is 0 Å². The van der Waals surface area contributed by atoms with Crippen LogP contribution in [-0.4, -0.2) is 18.4 Å². The highest BCUT2D eigenvalue weighted by Gasteiger charge is 2.34. The Hall–Kier alpha value is -1.98. The first-order valence-corrected chi connectivity index (χ1v) is 5.04. The summed E-state index contributed by atoms with van der Waals surface area (Å²) in [5, 5.41) is 0. The van der Waals surface area contributed by atoms with Crippen LogP contribution in [0.5, 0.6) is 0 Å². The van der Waals surface area contributed by atoms with Crippen molar-refractivity contribution in [2.45, 2.75) is 6.42 Å². The molecule has 2 amide bonds. The molecule has 1 unspecified atom stereocenters. The van der Waals surface area contributed by atoms with Gasteiger partial charge in [0.05, 0.1) is 5.92 Å². The Kier molecular flexibility index (Phi) is 2.79. The molecule has 2 rings (SSSR count). The molecule has 0 spiro atoms. The maximum absolute atomic E-state index is 13.0. The van der Waals surface area contributed by atoms with Gasteiger partial charge in [-0.3, -0.25) is 9.59 Å². The fourth-order valence-electron chi connectivity index (χ4n) is 1.80. The summed E-state index contributed by atoms with van der Waals surface area (Å²) >= 11 is 0. The number of hydrogen-bond donors (Lipinski definition) is 1. The fraction of sp³-hybridized carbons (Fsp3) is 0.273. The molecule has 4 nitrogen and oxygen atoms in total. The highest BCUT2D eigenvalue weighted by Crippen LogP contribution is 2.26. The first-order valence-electron chi connectivity index (χ1n) is 5.04. The Morgan fingerprint density at radius 1 is 1.35 bits per heavy atom. The third-order valence-electron chi connectivity index (χ3n) is 2.74. The van der Waals surface area contributed by atoms with Gasteiger partial charge >= 0.3 is 0 Å². The summed E-state index contributed by atoms with van der Waals surface area (Å²) in [6.45, 7) is 0.110. The van der Waals surface area contributed by atoms with Crippen LogP contribution < -0.4 is 10.6 Å². The van der Waals surface area contributed by atoms with E-state index in [1.165, 1.54) is 11.0 Å². The van der Waals surface area contributed by atoms with E-state index in [1.807, 2.05) is 0 Å². The third-order valence-corrected chi connectivity index (χ3v) is 2.74. The van der Waals surface area contributed by atoms with E-state index in [1.54, 1.807) is 0 Å². The quantitative estimate of drug-likeness (QED) is 0.831. The number of carbonyl (C=O) groups excluding carboxylic acids is 2. The Balaban J connectivity index is 2.26. The lowest BCUT2D eigenvalue weighted by Crippen LogP contribution is -2.28. The molecule has 6 heteroatoms. The van der Waals surface area contributed by atoms with Gasteiger partial charge in [-0.25, -0.2) is 8.78 Å². The first kappa shape index (κ1) is 11.5. The molecule has 1 heterocycles. The van der Waals surface area contributed by atoms with E-state index in [9.17, 15) is 18.4 Å². The molecule has 0 radical (unpaired) electrons. The second kappa shape index (κ2) is 4.12. The monoisotopic (exact) mass is 240 g/mol. The van der Waals surface area contributed by atoms with Crippen molar-refractivity contribution in [2.75, 3.05) is 11.4 Å². The lowest BCUT2D eigenvalue weighted by molar-refractivity contribution is -0.123. The zero-order chi connectivity index (χ0) is 12.6. The van der Waals surface area contributed by atoms with E-state index in [0.717, 1.165) is 12.1 Å². The Morgan fingerprint density at radius 2 is 2.06 bits per heavy atom. The molecular weight excluding hydrogens is 230 g/mol. The summed E-state index contributed by atoms with van der Waals surface area (Å²) < 4.78 is 25.7. The van der Waals surface area contributed by atoms with Crippen molar-refractivity contribution < 1.29 is 18.4 Å². The lowest BCUT2D eigenvalue weighted by Gasteiger charge is -2.16. The van der Waals surface area contributed by atoms with Gasteiger partial charge < -0.3 is 10.6 Å². The number of benzene rings is 1. The van der Waals surface area contributed by atoms with Crippen molar-refractivity contribution in [3.05, 3.63) is 29.8 Å². The van der Waals surface area contributed by atoms with E-state index in [-0.39, 0.29) is 24.6 Å². The number of primary amides is 1. The summed E-state index contributed by atoms with van der Waals surface area (Å²) in [5.74, 6) is -3.47. The van der Waals surface area contributed by atoms with Crippen molar-refractivity contribution >= 4 is 17.5 Å². The minimum Gasteiger partial charge on any atom is -0.369 e. The number of halogens is 2. The molecule has 1 atom stereocenters. The van der Waals surface area contributed by atoms with Gasteiger partial charge in [-0.05, 0) is 12.1 Å². The van der Waals surface area contributed by atoms with Crippen LogP contribution in [0.2, 0.25) is 0 Å². The van der Waals surface area contributed by atoms with Crippen molar-refractivity contribution in [1.82, 2.24) is 0 Å². The molecule has 90 valence electrons. The highest BCUT2D eigenvalue weighted by atomic mass is 19.2. The Labute approximate surface area is 96.0 Å². The largest absolute Gasteiger partial charge is 0.369 e. The topological polar surface area (TPSA) is 63.4 Å². The summed E-state index contributed by atoms with van der Waals surface area (Å²) in [4.78, 5) is 23.8. The van der Waals surface area contributed by atoms with Crippen LogP contribution in [0.25, 0.3) is 0 Å². The molecule has 1 fully saturated rings. The molecule has 0 aliphatic carbocycles. The molecule has 1 saturated heterocycles. The number of amides is 2. The van der Waals surface area contributed by atoms with Crippen LogP contribution in [0.3, 0.4) is 0 Å². The van der Waals surface area contributed by atoms with Gasteiger partial charge in [-0.15, -0.1) is 0 Å². The van der Waals surface area contributed by atoms with Crippen molar-refractivity contribution in [3.63, 3.8) is 0 Å². The van der Waals surface area contributed by atoms with Gasteiger partial charge in [0, 0.05) is 24.7 Å². The molecule has 1 aromatic rings. The van der Waals surface area contributed by atoms with Crippen LogP contribution in [0, 0.1) is 17.6 Å². The molecule has 1 aromatic carbocycles. The van der Waals surface area contributed by atoms with E-state index < -0.39 is 23.5 Å². The lowest BCUT2D eigenvalue weighted by atomic mass is 10.1. The van der Waals surface area contributed by atoms with Gasteiger partial charge in [0.2, 0.25) is 11.8 Å². The zero-order valence-electron chi connectivity index (χ0n) is 8.82. The Morgan fingerprint density at radius 3 is 2.59 bits per heavy atom. The van der Waals surface area contributed by atoms with Gasteiger partial charge in [0.25, 0.3) is 0 Å². The average Bonchev–Trinajstić information content (AvgIpc) is 2.65.